The van der Waals surface area contributed by atoms with Crippen LogP contribution in [0.2, 0.25) is 0 Å². The van der Waals surface area contributed by atoms with E-state index in [4.69, 9.17) is 9.94 Å². The molecule has 2 unspecified atom stereocenters. The van der Waals surface area contributed by atoms with Crippen LogP contribution >= 0.6 is 0 Å². The van der Waals surface area contributed by atoms with Crippen molar-refractivity contribution in [1.29, 1.82) is 0 Å². The quantitative estimate of drug-likeness (QED) is 0.542. The Morgan fingerprint density at radius 1 is 1.70 bits per heavy atom. The number of hydrogen-bond donors (Lipinski definition) is 1. The molecule has 10 heavy (non-hydrogen) atoms. The van der Waals surface area contributed by atoms with Crippen molar-refractivity contribution < 1.29 is 14.7 Å². The standard InChI is InChI=1S/C6H9NO3/c8-6(9)7-2-1-4-3-5(4)10-7/h4-5H,1-3H2,(H,8,9). The van der Waals surface area contributed by atoms with Crippen molar-refractivity contribution in [3.8, 4) is 0 Å². The molecule has 2 aliphatic rings. The predicted octanol–water partition coefficient (Wildman–Crippen LogP) is 0.690. The van der Waals surface area contributed by atoms with Crippen LogP contribution in [0.3, 0.4) is 0 Å². The minimum atomic E-state index is -0.967. The maximum Gasteiger partial charge on any atom is 0.431 e. The van der Waals surface area contributed by atoms with Crippen molar-refractivity contribution in [3.05, 3.63) is 0 Å². The molecular weight excluding hydrogens is 134 g/mol. The lowest BCUT2D eigenvalue weighted by Crippen LogP contribution is -2.35. The fourth-order valence-corrected chi connectivity index (χ4v) is 1.29. The Bertz CT molecular complexity index is 170. The van der Waals surface area contributed by atoms with Crippen LogP contribution in [0.1, 0.15) is 12.8 Å². The molecule has 1 N–H and O–H groups in total. The van der Waals surface area contributed by atoms with Gasteiger partial charge in [0.2, 0.25) is 0 Å². The van der Waals surface area contributed by atoms with Crippen LogP contribution in [0.15, 0.2) is 0 Å². The molecule has 2 atom stereocenters. The fourth-order valence-electron chi connectivity index (χ4n) is 1.29. The summed E-state index contributed by atoms with van der Waals surface area (Å²) in [6, 6.07) is 0. The summed E-state index contributed by atoms with van der Waals surface area (Å²) in [5.41, 5.74) is 0. The van der Waals surface area contributed by atoms with Gasteiger partial charge in [-0.05, 0) is 18.8 Å². The van der Waals surface area contributed by atoms with E-state index in [1.54, 1.807) is 0 Å². The molecular formula is C6H9NO3. The van der Waals surface area contributed by atoms with Gasteiger partial charge in [0.1, 0.15) is 0 Å². The second-order valence-electron chi connectivity index (χ2n) is 2.81. The highest BCUT2D eigenvalue weighted by atomic mass is 16.7. The molecule has 56 valence electrons. The van der Waals surface area contributed by atoms with Crippen LogP contribution in [0.25, 0.3) is 0 Å². The zero-order valence-corrected chi connectivity index (χ0v) is 5.49. The van der Waals surface area contributed by atoms with E-state index in [2.05, 4.69) is 0 Å². The van der Waals surface area contributed by atoms with Gasteiger partial charge in [0.05, 0.1) is 12.6 Å². The highest BCUT2D eigenvalue weighted by Crippen LogP contribution is 2.40. The topological polar surface area (TPSA) is 49.8 Å². The lowest BCUT2D eigenvalue weighted by atomic mass is 10.3. The van der Waals surface area contributed by atoms with Gasteiger partial charge in [-0.3, -0.25) is 4.84 Å². The van der Waals surface area contributed by atoms with Crippen LogP contribution < -0.4 is 0 Å². The Morgan fingerprint density at radius 3 is 3.10 bits per heavy atom. The number of amides is 1. The molecule has 1 heterocycles. The molecule has 2 fully saturated rings. The summed E-state index contributed by atoms with van der Waals surface area (Å²) < 4.78 is 0. The summed E-state index contributed by atoms with van der Waals surface area (Å²) in [4.78, 5) is 15.4. The van der Waals surface area contributed by atoms with Crippen LogP contribution in [-0.2, 0) is 4.84 Å². The smallest absolute Gasteiger partial charge is 0.431 e. The van der Waals surface area contributed by atoms with Gasteiger partial charge in [-0.15, -0.1) is 0 Å². The van der Waals surface area contributed by atoms with Crippen LogP contribution in [-0.4, -0.2) is 28.9 Å². The van der Waals surface area contributed by atoms with Gasteiger partial charge in [-0.1, -0.05) is 0 Å². The molecule has 0 aromatic heterocycles. The van der Waals surface area contributed by atoms with E-state index in [1.165, 1.54) is 0 Å². The number of carbonyl (C=O) groups is 1. The molecule has 1 saturated carbocycles. The minimum absolute atomic E-state index is 0.213. The van der Waals surface area contributed by atoms with Crippen LogP contribution in [0.4, 0.5) is 4.79 Å². The molecule has 4 nitrogen and oxygen atoms in total. The van der Waals surface area contributed by atoms with Crippen molar-refractivity contribution in [2.75, 3.05) is 6.54 Å². The van der Waals surface area contributed by atoms with Gasteiger partial charge in [0.25, 0.3) is 0 Å². The first kappa shape index (κ1) is 5.97. The fraction of sp³-hybridized carbons (Fsp3) is 0.833. The molecule has 0 radical (unpaired) electrons. The van der Waals surface area contributed by atoms with Crippen molar-refractivity contribution in [2.24, 2.45) is 5.92 Å². The summed E-state index contributed by atoms with van der Waals surface area (Å²) in [6.07, 6.45) is 1.26. The zero-order chi connectivity index (χ0) is 7.14. The summed E-state index contributed by atoms with van der Waals surface area (Å²) in [6.45, 7) is 0.538. The first-order valence-corrected chi connectivity index (χ1v) is 3.44. The van der Waals surface area contributed by atoms with Crippen molar-refractivity contribution in [3.63, 3.8) is 0 Å². The van der Waals surface area contributed by atoms with Gasteiger partial charge in [-0.2, -0.15) is 5.06 Å². The maximum absolute atomic E-state index is 10.3. The van der Waals surface area contributed by atoms with Gasteiger partial charge in [0, 0.05) is 0 Å². The Morgan fingerprint density at radius 2 is 2.50 bits per heavy atom. The SMILES string of the molecule is O=C(O)N1CCC2CC2O1. The lowest BCUT2D eigenvalue weighted by Gasteiger charge is -2.21. The number of hydroxylamine groups is 2. The summed E-state index contributed by atoms with van der Waals surface area (Å²) in [7, 11) is 0. The van der Waals surface area contributed by atoms with E-state index < -0.39 is 6.09 Å². The summed E-state index contributed by atoms with van der Waals surface area (Å²) >= 11 is 0. The predicted molar refractivity (Wildman–Crippen MR) is 32.3 cm³/mol. The van der Waals surface area contributed by atoms with E-state index in [-0.39, 0.29) is 6.10 Å². The number of rotatable bonds is 0. The molecule has 0 aromatic carbocycles. The summed E-state index contributed by atoms with van der Waals surface area (Å²) in [5, 5.41) is 9.51. The third-order valence-corrected chi connectivity index (χ3v) is 2.04. The van der Waals surface area contributed by atoms with Crippen molar-refractivity contribution in [1.82, 2.24) is 5.06 Å². The first-order valence-electron chi connectivity index (χ1n) is 3.44. The Kier molecular flexibility index (Phi) is 1.11. The average Bonchev–Trinajstić information content (AvgIpc) is 2.63. The lowest BCUT2D eigenvalue weighted by molar-refractivity contribution is -0.161. The number of carboxylic acid groups (broad SMARTS) is 1. The van der Waals surface area contributed by atoms with E-state index >= 15 is 0 Å². The first-order chi connectivity index (χ1) is 4.77. The van der Waals surface area contributed by atoms with E-state index in [0.29, 0.717) is 12.5 Å². The minimum Gasteiger partial charge on any atom is -0.463 e. The van der Waals surface area contributed by atoms with Gasteiger partial charge >= 0.3 is 6.09 Å². The normalized spacial score (nSPS) is 37.0. The molecule has 0 bridgehead atoms. The number of nitrogens with zero attached hydrogens (tertiary/aromatic N) is 1. The molecule has 0 spiro atoms. The third kappa shape index (κ3) is 0.844. The molecule has 2 rings (SSSR count). The van der Waals surface area contributed by atoms with E-state index in [9.17, 15) is 4.79 Å². The highest BCUT2D eigenvalue weighted by molar-refractivity contribution is 5.63. The maximum atomic E-state index is 10.3. The van der Waals surface area contributed by atoms with Gasteiger partial charge in [-0.25, -0.2) is 4.79 Å². The molecule has 1 amide bonds. The second kappa shape index (κ2) is 1.85. The zero-order valence-electron chi connectivity index (χ0n) is 5.49. The Hall–Kier alpha value is -0.770. The second-order valence-corrected chi connectivity index (χ2v) is 2.81. The van der Waals surface area contributed by atoms with Crippen LogP contribution in [0, 0.1) is 5.92 Å². The summed E-state index contributed by atoms with van der Waals surface area (Å²) in [5.74, 6) is 0.649. The average molecular weight is 143 g/mol. The third-order valence-electron chi connectivity index (χ3n) is 2.04. The monoisotopic (exact) mass is 143 g/mol. The largest absolute Gasteiger partial charge is 0.463 e. The Labute approximate surface area is 58.3 Å². The van der Waals surface area contributed by atoms with Crippen LogP contribution in [0.5, 0.6) is 0 Å². The van der Waals surface area contributed by atoms with Crippen molar-refractivity contribution >= 4 is 6.09 Å². The molecule has 1 aliphatic carbocycles. The molecule has 0 aromatic rings. The number of fused-ring (bicyclic) bond motifs is 1. The molecule has 1 aliphatic heterocycles. The Balaban J connectivity index is 1.94. The van der Waals surface area contributed by atoms with E-state index in [1.807, 2.05) is 0 Å². The molecule has 4 heteroatoms. The van der Waals surface area contributed by atoms with Gasteiger partial charge in [0.15, 0.2) is 0 Å². The number of hydrogen-bond acceptors (Lipinski definition) is 2. The van der Waals surface area contributed by atoms with Gasteiger partial charge < -0.3 is 5.11 Å². The molecule has 1 saturated heterocycles. The highest BCUT2D eigenvalue weighted by Gasteiger charge is 2.44. The van der Waals surface area contributed by atoms with E-state index in [0.717, 1.165) is 17.9 Å². The van der Waals surface area contributed by atoms with Crippen molar-refractivity contribution in [2.45, 2.75) is 18.9 Å².